The van der Waals surface area contributed by atoms with Gasteiger partial charge in [0.25, 0.3) is 5.91 Å². The van der Waals surface area contributed by atoms with Crippen LogP contribution in [0, 0.1) is 0 Å². The Morgan fingerprint density at radius 3 is 2.72 bits per heavy atom. The van der Waals surface area contributed by atoms with Gasteiger partial charge < -0.3 is 10.3 Å². The van der Waals surface area contributed by atoms with Crippen LogP contribution in [0.4, 0.5) is 5.82 Å². The molecular weight excluding hydrogens is 226 g/mol. The fraction of sp³-hybridized carbons (Fsp3) is 0. The van der Waals surface area contributed by atoms with Crippen molar-refractivity contribution in [1.29, 1.82) is 0 Å². The number of nitrogens with zero attached hydrogens (tertiary/aromatic N) is 1. The van der Waals surface area contributed by atoms with E-state index in [4.69, 9.17) is 0 Å². The minimum absolute atomic E-state index is 0.190. The molecule has 0 saturated heterocycles. The first-order valence-corrected chi connectivity index (χ1v) is 5.63. The Morgan fingerprint density at radius 1 is 1.11 bits per heavy atom. The third kappa shape index (κ3) is 1.96. The number of H-pyrrole nitrogens is 1. The van der Waals surface area contributed by atoms with Crippen molar-refractivity contribution in [2.45, 2.75) is 0 Å². The van der Waals surface area contributed by atoms with Gasteiger partial charge in [0.15, 0.2) is 0 Å². The molecule has 4 nitrogen and oxygen atoms in total. The summed E-state index contributed by atoms with van der Waals surface area (Å²) in [6.07, 6.45) is 1.64. The summed E-state index contributed by atoms with van der Waals surface area (Å²) in [4.78, 5) is 19.1. The third-order valence-corrected chi connectivity index (χ3v) is 2.68. The highest BCUT2D eigenvalue weighted by Gasteiger charge is 2.09. The number of pyridine rings is 1. The highest BCUT2D eigenvalue weighted by molar-refractivity contribution is 6.05. The Morgan fingerprint density at radius 2 is 1.94 bits per heavy atom. The molecule has 0 atom stereocenters. The van der Waals surface area contributed by atoms with Crippen LogP contribution in [0.5, 0.6) is 0 Å². The predicted octanol–water partition coefficient (Wildman–Crippen LogP) is 2.82. The molecule has 0 fully saturated rings. The average Bonchev–Trinajstić information content (AvgIpc) is 2.84. The lowest BCUT2D eigenvalue weighted by atomic mass is 10.2. The standard InChI is InChI=1S/C14H11N3O/c18-14(17-13-7-3-4-8-15-13)12-9-10-5-1-2-6-11(10)16-12/h1-9,16H,(H,15,17,18). The molecule has 2 heterocycles. The minimum atomic E-state index is -0.190. The van der Waals surface area contributed by atoms with E-state index < -0.39 is 0 Å². The molecule has 0 aliphatic heterocycles. The first-order valence-electron chi connectivity index (χ1n) is 5.63. The number of rotatable bonds is 2. The van der Waals surface area contributed by atoms with Crippen molar-refractivity contribution in [1.82, 2.24) is 9.97 Å². The second-order valence-corrected chi connectivity index (χ2v) is 3.94. The van der Waals surface area contributed by atoms with Gasteiger partial charge >= 0.3 is 0 Å². The van der Waals surface area contributed by atoms with Gasteiger partial charge in [-0.25, -0.2) is 4.98 Å². The van der Waals surface area contributed by atoms with Gasteiger partial charge in [-0.1, -0.05) is 24.3 Å². The summed E-state index contributed by atoms with van der Waals surface area (Å²) < 4.78 is 0. The molecule has 18 heavy (non-hydrogen) atoms. The highest BCUT2D eigenvalue weighted by Crippen LogP contribution is 2.15. The Labute approximate surface area is 104 Å². The SMILES string of the molecule is O=C(Nc1ccccn1)c1cc2ccccc2[nH]1. The molecule has 1 amide bonds. The molecule has 4 heteroatoms. The molecular formula is C14H11N3O. The van der Waals surface area contributed by atoms with Crippen molar-refractivity contribution in [3.8, 4) is 0 Å². The van der Waals surface area contributed by atoms with Crippen molar-refractivity contribution in [2.75, 3.05) is 5.32 Å². The van der Waals surface area contributed by atoms with Gasteiger partial charge in [-0.05, 0) is 24.3 Å². The van der Waals surface area contributed by atoms with Crippen molar-refractivity contribution in [3.05, 3.63) is 60.4 Å². The fourth-order valence-corrected chi connectivity index (χ4v) is 1.82. The van der Waals surface area contributed by atoms with Crippen molar-refractivity contribution >= 4 is 22.6 Å². The van der Waals surface area contributed by atoms with E-state index in [1.54, 1.807) is 18.3 Å². The topological polar surface area (TPSA) is 57.8 Å². The lowest BCUT2D eigenvalue weighted by Gasteiger charge is -2.01. The molecule has 0 unspecified atom stereocenters. The zero-order valence-electron chi connectivity index (χ0n) is 9.55. The normalized spacial score (nSPS) is 10.4. The number of hydrogen-bond acceptors (Lipinski definition) is 2. The summed E-state index contributed by atoms with van der Waals surface area (Å²) in [6.45, 7) is 0. The highest BCUT2D eigenvalue weighted by atomic mass is 16.1. The fourth-order valence-electron chi connectivity index (χ4n) is 1.82. The van der Waals surface area contributed by atoms with Crippen LogP contribution in [0.2, 0.25) is 0 Å². The van der Waals surface area contributed by atoms with E-state index in [9.17, 15) is 4.79 Å². The molecule has 2 aromatic heterocycles. The molecule has 0 bridgehead atoms. The van der Waals surface area contributed by atoms with Gasteiger partial charge in [0, 0.05) is 17.1 Å². The number of amides is 1. The summed E-state index contributed by atoms with van der Waals surface area (Å²) in [5.41, 5.74) is 1.48. The van der Waals surface area contributed by atoms with Gasteiger partial charge in [-0.15, -0.1) is 0 Å². The number of hydrogen-bond donors (Lipinski definition) is 2. The maximum atomic E-state index is 12.0. The van der Waals surface area contributed by atoms with Crippen LogP contribution in [0.1, 0.15) is 10.5 Å². The average molecular weight is 237 g/mol. The Kier molecular flexibility index (Phi) is 2.53. The number of anilines is 1. The van der Waals surface area contributed by atoms with E-state index in [1.165, 1.54) is 0 Å². The number of para-hydroxylation sites is 1. The molecule has 2 N–H and O–H groups in total. The summed E-state index contributed by atoms with van der Waals surface area (Å²) in [6, 6.07) is 15.0. The molecule has 0 spiro atoms. The van der Waals surface area contributed by atoms with Crippen LogP contribution in [0.25, 0.3) is 10.9 Å². The zero-order valence-corrected chi connectivity index (χ0v) is 9.55. The summed E-state index contributed by atoms with van der Waals surface area (Å²) >= 11 is 0. The van der Waals surface area contributed by atoms with E-state index in [0.717, 1.165) is 10.9 Å². The van der Waals surface area contributed by atoms with E-state index in [0.29, 0.717) is 11.5 Å². The maximum absolute atomic E-state index is 12.0. The van der Waals surface area contributed by atoms with Crippen LogP contribution in [0.3, 0.4) is 0 Å². The number of aromatic nitrogens is 2. The molecule has 0 aliphatic carbocycles. The Balaban J connectivity index is 1.88. The third-order valence-electron chi connectivity index (χ3n) is 2.68. The van der Waals surface area contributed by atoms with Crippen LogP contribution in [-0.2, 0) is 0 Å². The largest absolute Gasteiger partial charge is 0.351 e. The number of carbonyl (C=O) groups is 1. The van der Waals surface area contributed by atoms with Gasteiger partial charge in [0.2, 0.25) is 0 Å². The number of aromatic amines is 1. The summed E-state index contributed by atoms with van der Waals surface area (Å²) in [7, 11) is 0. The molecule has 3 rings (SSSR count). The molecule has 88 valence electrons. The van der Waals surface area contributed by atoms with E-state index in [-0.39, 0.29) is 5.91 Å². The van der Waals surface area contributed by atoms with Crippen LogP contribution in [-0.4, -0.2) is 15.9 Å². The Hall–Kier alpha value is -2.62. The van der Waals surface area contributed by atoms with E-state index >= 15 is 0 Å². The molecule has 0 aliphatic rings. The number of benzene rings is 1. The molecule has 3 aromatic rings. The van der Waals surface area contributed by atoms with Crippen LogP contribution in [0.15, 0.2) is 54.7 Å². The van der Waals surface area contributed by atoms with Crippen LogP contribution >= 0.6 is 0 Å². The van der Waals surface area contributed by atoms with Gasteiger partial charge in [-0.2, -0.15) is 0 Å². The molecule has 1 aromatic carbocycles. The van der Waals surface area contributed by atoms with Gasteiger partial charge in [-0.3, -0.25) is 4.79 Å². The Bertz CT molecular complexity index is 655. The minimum Gasteiger partial charge on any atom is -0.351 e. The quantitative estimate of drug-likeness (QED) is 0.720. The zero-order chi connectivity index (χ0) is 12.4. The summed E-state index contributed by atoms with van der Waals surface area (Å²) in [5, 5.41) is 3.76. The van der Waals surface area contributed by atoms with Gasteiger partial charge in [0.1, 0.15) is 11.5 Å². The number of carbonyl (C=O) groups excluding carboxylic acids is 1. The lowest BCUT2D eigenvalue weighted by molar-refractivity contribution is 0.102. The molecule has 0 saturated carbocycles. The van der Waals surface area contributed by atoms with Crippen molar-refractivity contribution in [3.63, 3.8) is 0 Å². The van der Waals surface area contributed by atoms with Crippen molar-refractivity contribution in [2.24, 2.45) is 0 Å². The second-order valence-electron chi connectivity index (χ2n) is 3.94. The number of nitrogens with one attached hydrogen (secondary N) is 2. The van der Waals surface area contributed by atoms with E-state index in [2.05, 4.69) is 15.3 Å². The molecule has 0 radical (unpaired) electrons. The predicted molar refractivity (Wildman–Crippen MR) is 70.5 cm³/mol. The maximum Gasteiger partial charge on any atom is 0.273 e. The van der Waals surface area contributed by atoms with E-state index in [1.807, 2.05) is 36.4 Å². The number of fused-ring (bicyclic) bond motifs is 1. The smallest absolute Gasteiger partial charge is 0.273 e. The van der Waals surface area contributed by atoms with Gasteiger partial charge in [0.05, 0.1) is 0 Å². The monoisotopic (exact) mass is 237 g/mol. The first-order chi connectivity index (χ1) is 8.83. The lowest BCUT2D eigenvalue weighted by Crippen LogP contribution is -2.12. The van der Waals surface area contributed by atoms with Crippen molar-refractivity contribution < 1.29 is 4.79 Å². The summed E-state index contributed by atoms with van der Waals surface area (Å²) in [5.74, 6) is 0.353. The first kappa shape index (κ1) is 10.5. The second kappa shape index (κ2) is 4.33. The van der Waals surface area contributed by atoms with Crippen LogP contribution < -0.4 is 5.32 Å².